The third-order valence-electron chi connectivity index (χ3n) is 4.40. The first kappa shape index (κ1) is 19.7. The zero-order chi connectivity index (χ0) is 19.3. The smallest absolute Gasteiger partial charge is 0.321 e. The van der Waals surface area contributed by atoms with Gasteiger partial charge in [-0.05, 0) is 37.5 Å². The zero-order valence-electron chi connectivity index (χ0n) is 15.2. The molecule has 1 aliphatic heterocycles. The highest BCUT2D eigenvalue weighted by molar-refractivity contribution is 5.95. The van der Waals surface area contributed by atoms with E-state index in [4.69, 9.17) is 4.74 Å². The van der Waals surface area contributed by atoms with Crippen LogP contribution in [-0.2, 0) is 14.3 Å². The van der Waals surface area contributed by atoms with Gasteiger partial charge in [0.15, 0.2) is 0 Å². The van der Waals surface area contributed by atoms with Crippen molar-refractivity contribution in [3.05, 3.63) is 24.3 Å². The number of urea groups is 1. The van der Waals surface area contributed by atoms with Crippen molar-refractivity contribution in [3.63, 3.8) is 0 Å². The summed E-state index contributed by atoms with van der Waals surface area (Å²) in [7, 11) is 1.45. The maximum Gasteiger partial charge on any atom is 0.321 e. The number of methoxy groups -OCH3 is 1. The topological polar surface area (TPSA) is 108 Å². The molecular formula is C18H25N3O5. The highest BCUT2D eigenvalue weighted by atomic mass is 16.5. The molecule has 0 bridgehead atoms. The lowest BCUT2D eigenvalue weighted by molar-refractivity contribution is -0.143. The molecule has 142 valence electrons. The van der Waals surface area contributed by atoms with Crippen molar-refractivity contribution in [1.82, 2.24) is 4.90 Å². The minimum atomic E-state index is -0.883. The summed E-state index contributed by atoms with van der Waals surface area (Å²) in [6.07, 6.45) is -0.0192. The standard InChI is InChI=1S/C18H25N3O5/c1-11-7-13(17(23)24)10-21(9-11)18(25)20-15-6-4-5-14(8-15)19-16(22)12(2)26-3/h4-6,8,11-13H,7,9-10H2,1-3H3,(H,19,22)(H,20,25)(H,23,24). The number of hydrogen-bond acceptors (Lipinski definition) is 4. The van der Waals surface area contributed by atoms with Crippen molar-refractivity contribution in [2.45, 2.75) is 26.4 Å². The minimum Gasteiger partial charge on any atom is -0.481 e. The van der Waals surface area contributed by atoms with Gasteiger partial charge >= 0.3 is 12.0 Å². The van der Waals surface area contributed by atoms with Crippen LogP contribution in [0.5, 0.6) is 0 Å². The molecular weight excluding hydrogens is 338 g/mol. The highest BCUT2D eigenvalue weighted by Gasteiger charge is 2.31. The van der Waals surface area contributed by atoms with Crippen LogP contribution in [0.3, 0.4) is 0 Å². The lowest BCUT2D eigenvalue weighted by Crippen LogP contribution is -2.47. The molecule has 0 aliphatic carbocycles. The quantitative estimate of drug-likeness (QED) is 0.743. The number of piperidine rings is 1. The first-order valence-corrected chi connectivity index (χ1v) is 8.52. The minimum absolute atomic E-state index is 0.122. The van der Waals surface area contributed by atoms with Gasteiger partial charge in [0.05, 0.1) is 5.92 Å². The predicted molar refractivity (Wildman–Crippen MR) is 97.0 cm³/mol. The SMILES string of the molecule is COC(C)C(=O)Nc1cccc(NC(=O)N2CC(C)CC(C(=O)O)C2)c1. The third-order valence-corrected chi connectivity index (χ3v) is 4.40. The molecule has 8 nitrogen and oxygen atoms in total. The normalized spacial score (nSPS) is 21.0. The van der Waals surface area contributed by atoms with Gasteiger partial charge in [-0.3, -0.25) is 9.59 Å². The van der Waals surface area contributed by atoms with Crippen LogP contribution in [-0.4, -0.2) is 54.2 Å². The molecule has 1 aliphatic rings. The van der Waals surface area contributed by atoms with Crippen LogP contribution >= 0.6 is 0 Å². The number of likely N-dealkylation sites (tertiary alicyclic amines) is 1. The Morgan fingerprint density at radius 2 is 1.88 bits per heavy atom. The lowest BCUT2D eigenvalue weighted by atomic mass is 9.91. The fourth-order valence-corrected chi connectivity index (χ4v) is 2.92. The van der Waals surface area contributed by atoms with E-state index in [1.165, 1.54) is 12.0 Å². The summed E-state index contributed by atoms with van der Waals surface area (Å²) >= 11 is 0. The first-order valence-electron chi connectivity index (χ1n) is 8.52. The van der Waals surface area contributed by atoms with Gasteiger partial charge in [0.2, 0.25) is 0 Å². The van der Waals surface area contributed by atoms with E-state index in [2.05, 4.69) is 10.6 Å². The van der Waals surface area contributed by atoms with Gasteiger partial charge < -0.3 is 25.4 Å². The summed E-state index contributed by atoms with van der Waals surface area (Å²) in [5, 5.41) is 14.7. The van der Waals surface area contributed by atoms with E-state index in [9.17, 15) is 19.5 Å². The fourth-order valence-electron chi connectivity index (χ4n) is 2.92. The Labute approximate surface area is 152 Å². The average molecular weight is 363 g/mol. The van der Waals surface area contributed by atoms with Gasteiger partial charge in [-0.15, -0.1) is 0 Å². The van der Waals surface area contributed by atoms with Crippen LogP contribution < -0.4 is 10.6 Å². The number of hydrogen-bond donors (Lipinski definition) is 3. The number of carboxylic acid groups (broad SMARTS) is 1. The Hall–Kier alpha value is -2.61. The van der Waals surface area contributed by atoms with E-state index in [0.717, 1.165) is 0 Å². The molecule has 1 aromatic carbocycles. The van der Waals surface area contributed by atoms with Gasteiger partial charge in [0.1, 0.15) is 6.10 Å². The predicted octanol–water partition coefficient (Wildman–Crippen LogP) is 2.23. The molecule has 1 fully saturated rings. The van der Waals surface area contributed by atoms with E-state index in [1.54, 1.807) is 31.2 Å². The van der Waals surface area contributed by atoms with Crippen LogP contribution in [0, 0.1) is 11.8 Å². The van der Waals surface area contributed by atoms with Crippen LogP contribution in [0.25, 0.3) is 0 Å². The summed E-state index contributed by atoms with van der Waals surface area (Å²) in [5.74, 6) is -1.60. The lowest BCUT2D eigenvalue weighted by Gasteiger charge is -2.34. The number of aliphatic carboxylic acids is 1. The maximum absolute atomic E-state index is 12.5. The molecule has 1 aromatic rings. The molecule has 1 saturated heterocycles. The van der Waals surface area contributed by atoms with Crippen molar-refractivity contribution < 1.29 is 24.2 Å². The molecule has 3 N–H and O–H groups in total. The van der Waals surface area contributed by atoms with Gasteiger partial charge in [0.25, 0.3) is 5.91 Å². The average Bonchev–Trinajstić information content (AvgIpc) is 2.60. The summed E-state index contributed by atoms with van der Waals surface area (Å²) in [4.78, 5) is 37.1. The van der Waals surface area contributed by atoms with Gasteiger partial charge in [-0.25, -0.2) is 4.79 Å². The molecule has 0 spiro atoms. The molecule has 0 aromatic heterocycles. The number of amides is 3. The number of carbonyl (C=O) groups excluding carboxylic acids is 2. The van der Waals surface area contributed by atoms with Crippen molar-refractivity contribution >= 4 is 29.3 Å². The summed E-state index contributed by atoms with van der Waals surface area (Å²) in [6.45, 7) is 4.27. The maximum atomic E-state index is 12.5. The molecule has 3 atom stereocenters. The Kier molecular flexibility index (Phi) is 6.57. The molecule has 3 amide bonds. The van der Waals surface area contributed by atoms with Crippen molar-refractivity contribution in [2.75, 3.05) is 30.8 Å². The van der Waals surface area contributed by atoms with E-state index >= 15 is 0 Å². The second-order valence-electron chi connectivity index (χ2n) is 6.66. The Morgan fingerprint density at radius 1 is 1.23 bits per heavy atom. The molecule has 3 unspecified atom stereocenters. The van der Waals surface area contributed by atoms with Crippen molar-refractivity contribution in [2.24, 2.45) is 11.8 Å². The van der Waals surface area contributed by atoms with Gasteiger partial charge in [0, 0.05) is 31.6 Å². The van der Waals surface area contributed by atoms with Gasteiger partial charge in [-0.2, -0.15) is 0 Å². The molecule has 0 saturated carbocycles. The van der Waals surface area contributed by atoms with Crippen LogP contribution in [0.1, 0.15) is 20.3 Å². The van der Waals surface area contributed by atoms with Crippen LogP contribution in [0.15, 0.2) is 24.3 Å². The van der Waals surface area contributed by atoms with Crippen LogP contribution in [0.4, 0.5) is 16.2 Å². The highest BCUT2D eigenvalue weighted by Crippen LogP contribution is 2.23. The summed E-state index contributed by atoms with van der Waals surface area (Å²) in [6, 6.07) is 6.41. The monoisotopic (exact) mass is 363 g/mol. The number of carboxylic acids is 1. The largest absolute Gasteiger partial charge is 0.481 e. The number of nitrogens with one attached hydrogen (secondary N) is 2. The fraction of sp³-hybridized carbons (Fsp3) is 0.500. The van der Waals surface area contributed by atoms with E-state index in [1.807, 2.05) is 6.92 Å². The van der Waals surface area contributed by atoms with Gasteiger partial charge in [-0.1, -0.05) is 13.0 Å². The number of nitrogens with zero attached hydrogens (tertiary/aromatic N) is 1. The van der Waals surface area contributed by atoms with Crippen molar-refractivity contribution in [1.29, 1.82) is 0 Å². The Morgan fingerprint density at radius 3 is 2.50 bits per heavy atom. The molecule has 8 heteroatoms. The molecule has 26 heavy (non-hydrogen) atoms. The molecule has 1 heterocycles. The van der Waals surface area contributed by atoms with Crippen molar-refractivity contribution in [3.8, 4) is 0 Å². The number of ether oxygens (including phenoxy) is 1. The molecule has 2 rings (SSSR count). The first-order chi connectivity index (χ1) is 12.3. The Balaban J connectivity index is 2.01. The van der Waals surface area contributed by atoms with Crippen LogP contribution in [0.2, 0.25) is 0 Å². The van der Waals surface area contributed by atoms with E-state index in [-0.39, 0.29) is 24.4 Å². The molecule has 0 radical (unpaired) electrons. The zero-order valence-corrected chi connectivity index (χ0v) is 15.2. The third kappa shape index (κ3) is 5.19. The number of benzene rings is 1. The number of rotatable bonds is 5. The summed E-state index contributed by atoms with van der Waals surface area (Å²) in [5.41, 5.74) is 1.05. The number of anilines is 2. The second kappa shape index (κ2) is 8.66. The number of carbonyl (C=O) groups is 3. The van der Waals surface area contributed by atoms with E-state index in [0.29, 0.717) is 24.3 Å². The second-order valence-corrected chi connectivity index (χ2v) is 6.66. The summed E-state index contributed by atoms with van der Waals surface area (Å²) < 4.78 is 4.96. The van der Waals surface area contributed by atoms with E-state index < -0.39 is 18.0 Å². The Bertz CT molecular complexity index is 679.